The van der Waals surface area contributed by atoms with Crippen LogP contribution in [0.5, 0.6) is 5.75 Å². The fourth-order valence-electron chi connectivity index (χ4n) is 2.92. The summed E-state index contributed by atoms with van der Waals surface area (Å²) in [4.78, 5) is 0. The van der Waals surface area contributed by atoms with E-state index in [-0.39, 0.29) is 0 Å². The van der Waals surface area contributed by atoms with Gasteiger partial charge in [0, 0.05) is 17.8 Å². The first kappa shape index (κ1) is 14.7. The standard InChI is InChI=1S/C16H25NOS/c1-4-19-15-6-5-14(9-15)17-10-13-7-11(2)16(18)12(3)8-13/h7-8,14-15,17-18H,4-6,9-10H2,1-3H3. The number of rotatable bonds is 5. The van der Waals surface area contributed by atoms with Crippen molar-refractivity contribution in [2.75, 3.05) is 5.75 Å². The van der Waals surface area contributed by atoms with E-state index < -0.39 is 0 Å². The summed E-state index contributed by atoms with van der Waals surface area (Å²) in [5, 5.41) is 14.3. The highest BCUT2D eigenvalue weighted by molar-refractivity contribution is 7.99. The Kier molecular flexibility index (Phi) is 5.17. The summed E-state index contributed by atoms with van der Waals surface area (Å²) in [5.41, 5.74) is 3.23. The smallest absolute Gasteiger partial charge is 0.121 e. The molecular formula is C16H25NOS. The third-order valence-electron chi connectivity index (χ3n) is 3.93. The number of aryl methyl sites for hydroxylation is 2. The molecule has 2 N–H and O–H groups in total. The Labute approximate surface area is 121 Å². The Hall–Kier alpha value is -0.670. The molecule has 1 saturated carbocycles. The van der Waals surface area contributed by atoms with Crippen LogP contribution in [0.3, 0.4) is 0 Å². The van der Waals surface area contributed by atoms with Gasteiger partial charge in [0.25, 0.3) is 0 Å². The van der Waals surface area contributed by atoms with Crippen molar-refractivity contribution < 1.29 is 5.11 Å². The average molecular weight is 279 g/mol. The minimum Gasteiger partial charge on any atom is -0.507 e. The quantitative estimate of drug-likeness (QED) is 0.860. The van der Waals surface area contributed by atoms with Gasteiger partial charge in [0.05, 0.1) is 0 Å². The summed E-state index contributed by atoms with van der Waals surface area (Å²) in [6.07, 6.45) is 3.95. The molecule has 1 fully saturated rings. The van der Waals surface area contributed by atoms with Gasteiger partial charge in [-0.15, -0.1) is 0 Å². The van der Waals surface area contributed by atoms with Gasteiger partial charge in [0.1, 0.15) is 5.75 Å². The first-order valence-corrected chi connectivity index (χ1v) is 8.29. The number of phenols is 1. The van der Waals surface area contributed by atoms with Gasteiger partial charge < -0.3 is 10.4 Å². The highest BCUT2D eigenvalue weighted by atomic mass is 32.2. The molecule has 1 aromatic carbocycles. The molecule has 2 atom stereocenters. The second-order valence-corrected chi connectivity index (χ2v) is 7.12. The summed E-state index contributed by atoms with van der Waals surface area (Å²) >= 11 is 2.10. The molecule has 19 heavy (non-hydrogen) atoms. The number of hydrogen-bond acceptors (Lipinski definition) is 3. The topological polar surface area (TPSA) is 32.3 Å². The fourth-order valence-corrected chi connectivity index (χ4v) is 4.06. The fraction of sp³-hybridized carbons (Fsp3) is 0.625. The Morgan fingerprint density at radius 1 is 1.26 bits per heavy atom. The van der Waals surface area contributed by atoms with Crippen molar-refractivity contribution in [2.45, 2.75) is 57.9 Å². The van der Waals surface area contributed by atoms with E-state index in [2.05, 4.69) is 36.1 Å². The van der Waals surface area contributed by atoms with Gasteiger partial charge in [-0.05, 0) is 55.6 Å². The Morgan fingerprint density at radius 3 is 2.58 bits per heavy atom. The van der Waals surface area contributed by atoms with Crippen LogP contribution < -0.4 is 5.32 Å². The molecule has 3 heteroatoms. The van der Waals surface area contributed by atoms with Gasteiger partial charge in [-0.2, -0.15) is 11.8 Å². The van der Waals surface area contributed by atoms with E-state index in [1.54, 1.807) is 0 Å². The second kappa shape index (κ2) is 6.67. The van der Waals surface area contributed by atoms with Crippen molar-refractivity contribution in [1.82, 2.24) is 5.32 Å². The molecule has 106 valence electrons. The van der Waals surface area contributed by atoms with Crippen molar-refractivity contribution in [3.05, 3.63) is 28.8 Å². The summed E-state index contributed by atoms with van der Waals surface area (Å²) in [5.74, 6) is 1.66. The first-order valence-electron chi connectivity index (χ1n) is 7.24. The second-order valence-electron chi connectivity index (χ2n) is 5.55. The van der Waals surface area contributed by atoms with E-state index in [1.807, 2.05) is 13.8 Å². The summed E-state index contributed by atoms with van der Waals surface area (Å²) in [6.45, 7) is 7.09. The maximum Gasteiger partial charge on any atom is 0.121 e. The Morgan fingerprint density at radius 2 is 1.95 bits per heavy atom. The minimum absolute atomic E-state index is 0.434. The molecule has 0 aliphatic heterocycles. The van der Waals surface area contributed by atoms with Crippen LogP contribution in [-0.2, 0) is 6.54 Å². The molecular weight excluding hydrogens is 254 g/mol. The first-order chi connectivity index (χ1) is 9.10. The molecule has 0 spiro atoms. The Balaban J connectivity index is 1.86. The van der Waals surface area contributed by atoms with Crippen LogP contribution in [-0.4, -0.2) is 22.2 Å². The molecule has 1 aromatic rings. The molecule has 1 aliphatic rings. The van der Waals surface area contributed by atoms with Crippen molar-refractivity contribution in [1.29, 1.82) is 0 Å². The van der Waals surface area contributed by atoms with Crippen molar-refractivity contribution in [3.8, 4) is 5.75 Å². The zero-order valence-electron chi connectivity index (χ0n) is 12.2. The van der Waals surface area contributed by atoms with Crippen molar-refractivity contribution in [2.24, 2.45) is 0 Å². The lowest BCUT2D eigenvalue weighted by Gasteiger charge is -2.14. The lowest BCUT2D eigenvalue weighted by molar-refractivity contribution is 0.466. The molecule has 0 bridgehead atoms. The van der Waals surface area contributed by atoms with Crippen LogP contribution >= 0.6 is 11.8 Å². The van der Waals surface area contributed by atoms with Crippen LogP contribution in [0.1, 0.15) is 42.9 Å². The highest BCUT2D eigenvalue weighted by Gasteiger charge is 2.23. The number of hydrogen-bond donors (Lipinski definition) is 2. The lowest BCUT2D eigenvalue weighted by atomic mass is 10.1. The van der Waals surface area contributed by atoms with Gasteiger partial charge in [-0.25, -0.2) is 0 Å². The SMILES string of the molecule is CCSC1CCC(NCc2cc(C)c(O)c(C)c2)C1. The van der Waals surface area contributed by atoms with Crippen molar-refractivity contribution >= 4 is 11.8 Å². The number of phenolic OH excluding ortho intramolecular Hbond substituents is 1. The number of nitrogens with one attached hydrogen (secondary N) is 1. The zero-order valence-corrected chi connectivity index (χ0v) is 13.0. The number of benzene rings is 1. The highest BCUT2D eigenvalue weighted by Crippen LogP contribution is 2.30. The molecule has 0 radical (unpaired) electrons. The predicted molar refractivity (Wildman–Crippen MR) is 84.0 cm³/mol. The molecule has 0 saturated heterocycles. The zero-order chi connectivity index (χ0) is 13.8. The predicted octanol–water partition coefficient (Wildman–Crippen LogP) is 3.77. The number of thioether (sulfide) groups is 1. The monoisotopic (exact) mass is 279 g/mol. The van der Waals surface area contributed by atoms with Gasteiger partial charge >= 0.3 is 0 Å². The average Bonchev–Trinajstić information content (AvgIpc) is 2.81. The van der Waals surface area contributed by atoms with Gasteiger partial charge in [0.2, 0.25) is 0 Å². The van der Waals surface area contributed by atoms with E-state index in [0.717, 1.165) is 22.9 Å². The summed E-state index contributed by atoms with van der Waals surface area (Å²) in [6, 6.07) is 4.84. The third-order valence-corrected chi connectivity index (χ3v) is 5.17. The normalized spacial score (nSPS) is 22.9. The maximum absolute atomic E-state index is 9.78. The molecule has 2 unspecified atom stereocenters. The van der Waals surface area contributed by atoms with Crippen LogP contribution in [0, 0.1) is 13.8 Å². The van der Waals surface area contributed by atoms with E-state index in [4.69, 9.17) is 0 Å². The lowest BCUT2D eigenvalue weighted by Crippen LogP contribution is -2.26. The minimum atomic E-state index is 0.434. The van der Waals surface area contributed by atoms with E-state index >= 15 is 0 Å². The molecule has 2 nitrogen and oxygen atoms in total. The van der Waals surface area contributed by atoms with E-state index in [9.17, 15) is 5.11 Å². The molecule has 2 rings (SSSR count). The molecule has 1 aliphatic carbocycles. The van der Waals surface area contributed by atoms with Gasteiger partial charge in [-0.3, -0.25) is 0 Å². The molecule has 0 amide bonds. The van der Waals surface area contributed by atoms with Crippen LogP contribution in [0.2, 0.25) is 0 Å². The maximum atomic E-state index is 9.78. The van der Waals surface area contributed by atoms with Gasteiger partial charge in [0.15, 0.2) is 0 Å². The van der Waals surface area contributed by atoms with Crippen LogP contribution in [0.15, 0.2) is 12.1 Å². The summed E-state index contributed by atoms with van der Waals surface area (Å²) in [7, 11) is 0. The van der Waals surface area contributed by atoms with Crippen LogP contribution in [0.25, 0.3) is 0 Å². The van der Waals surface area contributed by atoms with E-state index in [1.165, 1.54) is 30.6 Å². The van der Waals surface area contributed by atoms with Gasteiger partial charge in [-0.1, -0.05) is 19.1 Å². The van der Waals surface area contributed by atoms with Crippen LogP contribution in [0.4, 0.5) is 0 Å². The molecule has 0 heterocycles. The number of aromatic hydroxyl groups is 1. The summed E-state index contributed by atoms with van der Waals surface area (Å²) < 4.78 is 0. The third kappa shape index (κ3) is 3.90. The molecule has 0 aromatic heterocycles. The Bertz CT molecular complexity index is 410. The van der Waals surface area contributed by atoms with E-state index in [0.29, 0.717) is 11.8 Å². The largest absolute Gasteiger partial charge is 0.507 e. The van der Waals surface area contributed by atoms with Crippen molar-refractivity contribution in [3.63, 3.8) is 0 Å².